The van der Waals surface area contributed by atoms with Crippen molar-refractivity contribution >= 4 is 22.7 Å². The maximum atomic E-state index is 12.1. The van der Waals surface area contributed by atoms with Gasteiger partial charge >= 0.3 is 5.97 Å². The number of nitrogens with zero attached hydrogens (tertiary/aromatic N) is 1. The summed E-state index contributed by atoms with van der Waals surface area (Å²) in [6.45, 7) is 0. The molecule has 0 radical (unpaired) electrons. The van der Waals surface area contributed by atoms with E-state index in [4.69, 9.17) is 0 Å². The molecule has 7 heteroatoms. The lowest BCUT2D eigenvalue weighted by molar-refractivity contribution is -0.139. The van der Waals surface area contributed by atoms with E-state index >= 15 is 0 Å². The van der Waals surface area contributed by atoms with Gasteiger partial charge in [0.15, 0.2) is 0 Å². The summed E-state index contributed by atoms with van der Waals surface area (Å²) in [5.41, 5.74) is 0.280. The summed E-state index contributed by atoms with van der Waals surface area (Å²) in [4.78, 5) is 27.7. The maximum Gasteiger partial charge on any atom is 0.326 e. The predicted molar refractivity (Wildman–Crippen MR) is 85.5 cm³/mol. The molecule has 0 fully saturated rings. The average Bonchev–Trinajstić information content (AvgIpc) is 2.59. The van der Waals surface area contributed by atoms with Gasteiger partial charge in [-0.25, -0.2) is 4.79 Å². The Morgan fingerprint density at radius 3 is 2.52 bits per heavy atom. The van der Waals surface area contributed by atoms with Crippen LogP contribution in [0.5, 0.6) is 0 Å². The third-order valence-electron chi connectivity index (χ3n) is 3.13. The van der Waals surface area contributed by atoms with Crippen molar-refractivity contribution in [3.63, 3.8) is 0 Å². The number of carbonyl (C=O) groups is 2. The fraction of sp³-hybridized carbons (Fsp3) is 0.188. The van der Waals surface area contributed by atoms with Crippen LogP contribution in [0.3, 0.4) is 0 Å². The van der Waals surface area contributed by atoms with Gasteiger partial charge in [0.1, 0.15) is 6.04 Å². The van der Waals surface area contributed by atoms with E-state index in [2.05, 4.69) is 10.3 Å². The number of pyridine rings is 1. The highest BCUT2D eigenvalue weighted by atomic mass is 32.2. The second-order valence-electron chi connectivity index (χ2n) is 4.76. The second-order valence-corrected chi connectivity index (χ2v) is 6.33. The van der Waals surface area contributed by atoms with Crippen LogP contribution in [0.1, 0.15) is 16.8 Å². The Labute approximate surface area is 136 Å². The molecule has 120 valence electrons. The summed E-state index contributed by atoms with van der Waals surface area (Å²) in [5, 5.41) is 11.6. The first-order valence-electron chi connectivity index (χ1n) is 6.95. The molecule has 2 N–H and O–H groups in total. The fourth-order valence-electron chi connectivity index (χ4n) is 1.91. The molecule has 0 aliphatic carbocycles. The standard InChI is InChI=1S/C16H16N2O4S/c19-15(12-5-4-9-17-11-12)18-14(16(20)21)8-10-23(22)13-6-2-1-3-7-13/h1-7,9,11,14H,8,10H2,(H,18,19)(H,20,21)/t14-,23+/m1/s1. The number of aliphatic carboxylic acids is 1. The van der Waals surface area contributed by atoms with E-state index in [1.165, 1.54) is 12.4 Å². The summed E-state index contributed by atoms with van der Waals surface area (Å²) in [5.74, 6) is -1.53. The van der Waals surface area contributed by atoms with Crippen molar-refractivity contribution in [3.05, 3.63) is 60.4 Å². The number of rotatable bonds is 7. The van der Waals surface area contributed by atoms with Crippen LogP contribution in [0.15, 0.2) is 59.8 Å². The number of amides is 1. The number of benzene rings is 1. The summed E-state index contributed by atoms with van der Waals surface area (Å²) in [6.07, 6.45) is 2.95. The molecule has 1 aromatic heterocycles. The Kier molecular flexibility index (Phi) is 5.99. The van der Waals surface area contributed by atoms with E-state index in [0.29, 0.717) is 4.90 Å². The van der Waals surface area contributed by atoms with E-state index in [-0.39, 0.29) is 17.7 Å². The summed E-state index contributed by atoms with van der Waals surface area (Å²) in [7, 11) is -1.31. The molecule has 0 saturated carbocycles. The van der Waals surface area contributed by atoms with Gasteiger partial charge in [-0.1, -0.05) is 18.2 Å². The van der Waals surface area contributed by atoms with Gasteiger partial charge in [-0.3, -0.25) is 14.0 Å². The zero-order chi connectivity index (χ0) is 16.7. The Bertz CT molecular complexity index is 692. The lowest BCUT2D eigenvalue weighted by atomic mass is 10.2. The smallest absolute Gasteiger partial charge is 0.326 e. The summed E-state index contributed by atoms with van der Waals surface area (Å²) in [6, 6.07) is 10.8. The van der Waals surface area contributed by atoms with Gasteiger partial charge in [0.25, 0.3) is 5.91 Å². The lowest BCUT2D eigenvalue weighted by Gasteiger charge is -2.14. The molecule has 0 unspecified atom stereocenters. The predicted octanol–water partition coefficient (Wildman–Crippen LogP) is 1.46. The molecule has 2 atom stereocenters. The third kappa shape index (κ3) is 5.00. The quantitative estimate of drug-likeness (QED) is 0.800. The largest absolute Gasteiger partial charge is 0.480 e. The van der Waals surface area contributed by atoms with Crippen LogP contribution in [0.4, 0.5) is 0 Å². The maximum absolute atomic E-state index is 12.1. The molecular weight excluding hydrogens is 316 g/mol. The number of hydrogen-bond donors (Lipinski definition) is 2. The van der Waals surface area contributed by atoms with Crippen LogP contribution < -0.4 is 5.32 Å². The number of hydrogen-bond acceptors (Lipinski definition) is 4. The van der Waals surface area contributed by atoms with Gasteiger partial charge in [-0.05, 0) is 30.7 Å². The van der Waals surface area contributed by atoms with Gasteiger partial charge in [0, 0.05) is 23.0 Å². The Morgan fingerprint density at radius 1 is 1.17 bits per heavy atom. The van der Waals surface area contributed by atoms with Crippen molar-refractivity contribution in [2.75, 3.05) is 5.75 Å². The molecule has 0 aliphatic heterocycles. The van der Waals surface area contributed by atoms with Crippen molar-refractivity contribution in [3.8, 4) is 0 Å². The Morgan fingerprint density at radius 2 is 1.91 bits per heavy atom. The molecule has 2 rings (SSSR count). The summed E-state index contributed by atoms with van der Waals surface area (Å²) >= 11 is 0. The molecule has 1 heterocycles. The fourth-order valence-corrected chi connectivity index (χ4v) is 3.06. The van der Waals surface area contributed by atoms with Crippen molar-refractivity contribution in [1.29, 1.82) is 0 Å². The highest BCUT2D eigenvalue weighted by molar-refractivity contribution is 7.85. The van der Waals surface area contributed by atoms with E-state index in [9.17, 15) is 18.9 Å². The molecule has 2 aromatic rings. The third-order valence-corrected chi connectivity index (χ3v) is 4.53. The molecular formula is C16H16N2O4S. The SMILES string of the molecule is O=C(N[C@H](CC[S@](=O)c1ccccc1)C(=O)O)c1cccnc1. The second kappa shape index (κ2) is 8.19. The van der Waals surface area contributed by atoms with E-state index < -0.39 is 28.7 Å². The van der Waals surface area contributed by atoms with Gasteiger partial charge in [-0.2, -0.15) is 0 Å². The van der Waals surface area contributed by atoms with Gasteiger partial charge in [0.2, 0.25) is 0 Å². The number of aromatic nitrogens is 1. The lowest BCUT2D eigenvalue weighted by Crippen LogP contribution is -2.41. The number of carboxylic acid groups (broad SMARTS) is 1. The normalized spacial score (nSPS) is 13.0. The molecule has 1 amide bonds. The minimum Gasteiger partial charge on any atom is -0.480 e. The number of carboxylic acids is 1. The molecule has 0 bridgehead atoms. The highest BCUT2D eigenvalue weighted by Gasteiger charge is 2.21. The Hall–Kier alpha value is -2.54. The van der Waals surface area contributed by atoms with Gasteiger partial charge < -0.3 is 10.4 Å². The first-order valence-corrected chi connectivity index (χ1v) is 8.27. The van der Waals surface area contributed by atoms with Crippen LogP contribution >= 0.6 is 0 Å². The zero-order valence-corrected chi connectivity index (χ0v) is 13.0. The topological polar surface area (TPSA) is 96.4 Å². The molecule has 0 aliphatic rings. The Balaban J connectivity index is 1.96. The first-order chi connectivity index (χ1) is 11.1. The van der Waals surface area contributed by atoms with Gasteiger partial charge in [0.05, 0.1) is 16.4 Å². The van der Waals surface area contributed by atoms with Crippen molar-refractivity contribution in [2.24, 2.45) is 0 Å². The van der Waals surface area contributed by atoms with Crippen LogP contribution in [-0.2, 0) is 15.6 Å². The van der Waals surface area contributed by atoms with Crippen molar-refractivity contribution in [2.45, 2.75) is 17.4 Å². The molecule has 0 spiro atoms. The van der Waals surface area contributed by atoms with E-state index in [1.54, 1.807) is 36.4 Å². The van der Waals surface area contributed by atoms with E-state index in [0.717, 1.165) is 0 Å². The summed E-state index contributed by atoms with van der Waals surface area (Å²) < 4.78 is 12.1. The van der Waals surface area contributed by atoms with Crippen molar-refractivity contribution < 1.29 is 18.9 Å². The molecule has 6 nitrogen and oxygen atoms in total. The molecule has 1 aromatic carbocycles. The minimum atomic E-state index is -1.31. The zero-order valence-electron chi connectivity index (χ0n) is 12.2. The van der Waals surface area contributed by atoms with E-state index in [1.807, 2.05) is 6.07 Å². The van der Waals surface area contributed by atoms with Gasteiger partial charge in [-0.15, -0.1) is 0 Å². The number of carbonyl (C=O) groups excluding carboxylic acids is 1. The van der Waals surface area contributed by atoms with Crippen LogP contribution in [0.25, 0.3) is 0 Å². The molecule has 23 heavy (non-hydrogen) atoms. The van der Waals surface area contributed by atoms with Crippen LogP contribution in [0, 0.1) is 0 Å². The average molecular weight is 332 g/mol. The highest BCUT2D eigenvalue weighted by Crippen LogP contribution is 2.08. The minimum absolute atomic E-state index is 0.0723. The first kappa shape index (κ1) is 16.8. The monoisotopic (exact) mass is 332 g/mol. The van der Waals surface area contributed by atoms with Crippen molar-refractivity contribution in [1.82, 2.24) is 10.3 Å². The molecule has 0 saturated heterocycles. The number of nitrogens with one attached hydrogen (secondary N) is 1. The van der Waals surface area contributed by atoms with Crippen LogP contribution in [0.2, 0.25) is 0 Å². The van der Waals surface area contributed by atoms with Crippen LogP contribution in [-0.4, -0.2) is 38.0 Å².